The van der Waals surface area contributed by atoms with Crippen molar-refractivity contribution in [2.24, 2.45) is 0 Å². The van der Waals surface area contributed by atoms with Gasteiger partial charge in [0.1, 0.15) is 0 Å². The Kier molecular flexibility index (Phi) is 6.78. The van der Waals surface area contributed by atoms with E-state index in [1.807, 2.05) is 0 Å². The second-order valence-corrected chi connectivity index (χ2v) is 4.21. The zero-order valence-electron chi connectivity index (χ0n) is 11.4. The third kappa shape index (κ3) is 6.13. The summed E-state index contributed by atoms with van der Waals surface area (Å²) < 4.78 is 4.91. The number of hydrogen-bond acceptors (Lipinski definition) is 4. The summed E-state index contributed by atoms with van der Waals surface area (Å²) in [6, 6.07) is 6.90. The average Bonchev–Trinajstić information content (AvgIpc) is 2.38. The lowest BCUT2D eigenvalue weighted by atomic mass is 10.1. The van der Waals surface area contributed by atoms with Crippen LogP contribution in [0.1, 0.15) is 23.7 Å². The fourth-order valence-electron chi connectivity index (χ4n) is 1.56. The van der Waals surface area contributed by atoms with E-state index >= 15 is 0 Å². The van der Waals surface area contributed by atoms with Crippen LogP contribution in [0.4, 0.5) is 5.69 Å². The number of anilines is 1. The van der Waals surface area contributed by atoms with Crippen molar-refractivity contribution in [3.05, 3.63) is 29.8 Å². The van der Waals surface area contributed by atoms with Crippen molar-refractivity contribution in [3.8, 4) is 0 Å². The lowest BCUT2D eigenvalue weighted by molar-refractivity contribution is -0.115. The average molecular weight is 264 g/mol. The first kappa shape index (κ1) is 15.3. The van der Waals surface area contributed by atoms with Crippen LogP contribution in [0.3, 0.4) is 0 Å². The molecule has 1 aromatic rings. The molecular formula is C14H20N2O3. The number of carbonyl (C=O) groups excluding carboxylic acids is 2. The number of ether oxygens (including phenoxy) is 1. The first-order chi connectivity index (χ1) is 9.13. The van der Waals surface area contributed by atoms with Crippen LogP contribution < -0.4 is 10.6 Å². The van der Waals surface area contributed by atoms with E-state index in [9.17, 15) is 9.59 Å². The van der Waals surface area contributed by atoms with Crippen LogP contribution >= 0.6 is 0 Å². The number of nitrogens with one attached hydrogen (secondary N) is 2. The maximum atomic E-state index is 11.6. The van der Waals surface area contributed by atoms with Crippen LogP contribution in [0.5, 0.6) is 0 Å². The molecule has 19 heavy (non-hydrogen) atoms. The Bertz CT molecular complexity index is 432. The number of amides is 1. The summed E-state index contributed by atoms with van der Waals surface area (Å²) in [5, 5.41) is 5.76. The van der Waals surface area contributed by atoms with Gasteiger partial charge in [0.2, 0.25) is 5.91 Å². The predicted octanol–water partition coefficient (Wildman–Crippen LogP) is 1.45. The summed E-state index contributed by atoms with van der Waals surface area (Å²) in [5.74, 6) is -0.146. The largest absolute Gasteiger partial charge is 0.385 e. The highest BCUT2D eigenvalue weighted by molar-refractivity contribution is 5.97. The molecule has 0 aliphatic rings. The molecule has 0 saturated heterocycles. The first-order valence-corrected chi connectivity index (χ1v) is 6.24. The van der Waals surface area contributed by atoms with Crippen molar-refractivity contribution in [2.45, 2.75) is 13.3 Å². The van der Waals surface area contributed by atoms with E-state index in [0.29, 0.717) is 17.9 Å². The van der Waals surface area contributed by atoms with E-state index in [1.54, 1.807) is 31.4 Å². The fraction of sp³-hybridized carbons (Fsp3) is 0.429. The number of hydrogen-bond donors (Lipinski definition) is 2. The SMILES string of the molecule is COCCCNCC(=O)Nc1cccc(C(C)=O)c1. The van der Waals surface area contributed by atoms with Crippen LogP contribution in [0.15, 0.2) is 24.3 Å². The summed E-state index contributed by atoms with van der Waals surface area (Å²) in [6.07, 6.45) is 0.865. The summed E-state index contributed by atoms with van der Waals surface area (Å²) in [6.45, 7) is 3.15. The molecule has 0 bridgehead atoms. The quantitative estimate of drug-likeness (QED) is 0.551. The molecule has 0 atom stereocenters. The molecule has 5 heteroatoms. The molecule has 5 nitrogen and oxygen atoms in total. The Morgan fingerprint density at radius 3 is 2.79 bits per heavy atom. The van der Waals surface area contributed by atoms with Crippen LogP contribution in [0.2, 0.25) is 0 Å². The van der Waals surface area contributed by atoms with Gasteiger partial charge in [0.15, 0.2) is 5.78 Å². The van der Waals surface area contributed by atoms with E-state index < -0.39 is 0 Å². The van der Waals surface area contributed by atoms with Crippen molar-refractivity contribution >= 4 is 17.4 Å². The maximum absolute atomic E-state index is 11.6. The van der Waals surface area contributed by atoms with Gasteiger partial charge in [-0.3, -0.25) is 9.59 Å². The van der Waals surface area contributed by atoms with E-state index in [4.69, 9.17) is 4.74 Å². The summed E-state index contributed by atoms with van der Waals surface area (Å²) >= 11 is 0. The number of ketones is 1. The Morgan fingerprint density at radius 2 is 2.11 bits per heavy atom. The molecule has 0 radical (unpaired) electrons. The van der Waals surface area contributed by atoms with Crippen molar-refractivity contribution in [2.75, 3.05) is 32.1 Å². The van der Waals surface area contributed by atoms with Gasteiger partial charge in [-0.1, -0.05) is 12.1 Å². The zero-order chi connectivity index (χ0) is 14.1. The van der Waals surface area contributed by atoms with Crippen molar-refractivity contribution in [1.82, 2.24) is 5.32 Å². The molecule has 2 N–H and O–H groups in total. The number of methoxy groups -OCH3 is 1. The molecule has 0 aromatic heterocycles. The van der Waals surface area contributed by atoms with Gasteiger partial charge < -0.3 is 15.4 Å². The van der Waals surface area contributed by atoms with Gasteiger partial charge in [-0.25, -0.2) is 0 Å². The lowest BCUT2D eigenvalue weighted by Crippen LogP contribution is -2.29. The van der Waals surface area contributed by atoms with Gasteiger partial charge in [0, 0.05) is 25.0 Å². The summed E-state index contributed by atoms with van der Waals surface area (Å²) in [5.41, 5.74) is 1.22. The van der Waals surface area contributed by atoms with E-state index in [1.165, 1.54) is 6.92 Å². The Morgan fingerprint density at radius 1 is 1.32 bits per heavy atom. The monoisotopic (exact) mass is 264 g/mol. The molecule has 0 aliphatic carbocycles. The Balaban J connectivity index is 2.35. The third-order valence-electron chi connectivity index (χ3n) is 2.54. The molecule has 1 aromatic carbocycles. The van der Waals surface area contributed by atoms with Gasteiger partial charge >= 0.3 is 0 Å². The second-order valence-electron chi connectivity index (χ2n) is 4.21. The minimum absolute atomic E-state index is 0.0196. The number of Topliss-reactive ketones (excluding diaryl/α,β-unsaturated/α-hetero) is 1. The predicted molar refractivity (Wildman–Crippen MR) is 74.4 cm³/mol. The Labute approximate surface area is 113 Å². The van der Waals surface area contributed by atoms with Gasteiger partial charge in [-0.05, 0) is 32.0 Å². The van der Waals surface area contributed by atoms with Gasteiger partial charge in [0.25, 0.3) is 0 Å². The summed E-state index contributed by atoms with van der Waals surface area (Å²) in [4.78, 5) is 22.9. The molecule has 1 amide bonds. The Hall–Kier alpha value is -1.72. The zero-order valence-corrected chi connectivity index (χ0v) is 11.4. The van der Waals surface area contributed by atoms with Gasteiger partial charge in [0.05, 0.1) is 6.54 Å². The molecule has 1 rings (SSSR count). The van der Waals surface area contributed by atoms with E-state index in [2.05, 4.69) is 10.6 Å². The van der Waals surface area contributed by atoms with E-state index in [0.717, 1.165) is 13.0 Å². The van der Waals surface area contributed by atoms with E-state index in [-0.39, 0.29) is 18.2 Å². The maximum Gasteiger partial charge on any atom is 0.238 e. The summed E-state index contributed by atoms with van der Waals surface area (Å²) in [7, 11) is 1.65. The van der Waals surface area contributed by atoms with Gasteiger partial charge in [-0.15, -0.1) is 0 Å². The lowest BCUT2D eigenvalue weighted by Gasteiger charge is -2.07. The van der Waals surface area contributed by atoms with Crippen LogP contribution in [0.25, 0.3) is 0 Å². The van der Waals surface area contributed by atoms with Crippen molar-refractivity contribution < 1.29 is 14.3 Å². The molecular weight excluding hydrogens is 244 g/mol. The standard InChI is InChI=1S/C14H20N2O3/c1-11(17)12-5-3-6-13(9-12)16-14(18)10-15-7-4-8-19-2/h3,5-6,9,15H,4,7-8,10H2,1-2H3,(H,16,18). The highest BCUT2D eigenvalue weighted by Gasteiger charge is 2.04. The molecule has 0 aliphatic heterocycles. The minimum Gasteiger partial charge on any atom is -0.385 e. The third-order valence-corrected chi connectivity index (χ3v) is 2.54. The van der Waals surface area contributed by atoms with Crippen LogP contribution in [-0.4, -0.2) is 38.5 Å². The highest BCUT2D eigenvalue weighted by Crippen LogP contribution is 2.10. The minimum atomic E-state index is -0.127. The molecule has 0 spiro atoms. The smallest absolute Gasteiger partial charge is 0.238 e. The van der Waals surface area contributed by atoms with Crippen molar-refractivity contribution in [3.63, 3.8) is 0 Å². The molecule has 0 unspecified atom stereocenters. The number of benzene rings is 1. The molecule has 104 valence electrons. The van der Waals surface area contributed by atoms with Crippen molar-refractivity contribution in [1.29, 1.82) is 0 Å². The normalized spacial score (nSPS) is 10.2. The number of carbonyl (C=O) groups is 2. The molecule has 0 saturated carbocycles. The topological polar surface area (TPSA) is 67.4 Å². The first-order valence-electron chi connectivity index (χ1n) is 6.24. The molecule has 0 fully saturated rings. The van der Waals surface area contributed by atoms with Crippen LogP contribution in [-0.2, 0) is 9.53 Å². The van der Waals surface area contributed by atoms with Gasteiger partial charge in [-0.2, -0.15) is 0 Å². The second kappa shape index (κ2) is 8.39. The highest BCUT2D eigenvalue weighted by atomic mass is 16.5. The number of rotatable bonds is 8. The molecule has 0 heterocycles. The van der Waals surface area contributed by atoms with Crippen LogP contribution in [0, 0.1) is 0 Å². The fourth-order valence-corrected chi connectivity index (χ4v) is 1.56.